The average molecular weight is 328 g/mol. The summed E-state index contributed by atoms with van der Waals surface area (Å²) in [6.07, 6.45) is -2.83. The van der Waals surface area contributed by atoms with E-state index in [1.807, 2.05) is 60.7 Å². The number of benzene rings is 2. The Labute approximate surface area is 140 Å². The number of rotatable bonds is 4. The molecule has 2 aromatic carbocycles. The lowest BCUT2D eigenvalue weighted by Crippen LogP contribution is -2.52. The zero-order valence-corrected chi connectivity index (χ0v) is 13.2. The molecule has 5 nitrogen and oxygen atoms in total. The Morgan fingerprint density at radius 2 is 1.67 bits per heavy atom. The van der Waals surface area contributed by atoms with E-state index in [0.717, 1.165) is 11.1 Å². The molecular formula is C19H20O5. The molecule has 2 aliphatic rings. The minimum absolute atomic E-state index is 0.290. The molecule has 0 aliphatic carbocycles. The van der Waals surface area contributed by atoms with Crippen LogP contribution >= 0.6 is 0 Å². The van der Waals surface area contributed by atoms with Crippen molar-refractivity contribution in [1.29, 1.82) is 0 Å². The second-order valence-electron chi connectivity index (χ2n) is 6.01. The number of hydrogen-bond acceptors (Lipinski definition) is 5. The fourth-order valence-corrected chi connectivity index (χ4v) is 3.04. The van der Waals surface area contributed by atoms with Gasteiger partial charge in [-0.05, 0) is 5.56 Å². The minimum atomic E-state index is -0.888. The monoisotopic (exact) mass is 328 g/mol. The molecule has 0 bridgehead atoms. The summed E-state index contributed by atoms with van der Waals surface area (Å²) >= 11 is 0. The van der Waals surface area contributed by atoms with Crippen molar-refractivity contribution in [2.24, 2.45) is 0 Å². The molecule has 0 aromatic heterocycles. The van der Waals surface area contributed by atoms with E-state index < -0.39 is 24.8 Å². The van der Waals surface area contributed by atoms with Crippen molar-refractivity contribution < 1.29 is 24.1 Å². The lowest BCUT2D eigenvalue weighted by molar-refractivity contribution is -0.255. The third-order valence-corrected chi connectivity index (χ3v) is 4.31. The molecular weight excluding hydrogens is 308 g/mol. The van der Waals surface area contributed by atoms with Crippen LogP contribution in [0.25, 0.3) is 0 Å². The van der Waals surface area contributed by atoms with Crippen LogP contribution in [0.5, 0.6) is 0 Å². The average Bonchev–Trinajstić information content (AvgIpc) is 3.08. The van der Waals surface area contributed by atoms with Gasteiger partial charge >= 0.3 is 0 Å². The summed E-state index contributed by atoms with van der Waals surface area (Å²) in [4.78, 5) is 0. The van der Waals surface area contributed by atoms with Gasteiger partial charge in [-0.25, -0.2) is 0 Å². The van der Waals surface area contributed by atoms with Gasteiger partial charge in [0.1, 0.15) is 18.3 Å². The Morgan fingerprint density at radius 3 is 2.42 bits per heavy atom. The lowest BCUT2D eigenvalue weighted by Gasteiger charge is -2.34. The van der Waals surface area contributed by atoms with Gasteiger partial charge in [0.25, 0.3) is 0 Å². The first kappa shape index (κ1) is 15.7. The minimum Gasteiger partial charge on any atom is -0.385 e. The van der Waals surface area contributed by atoms with Crippen molar-refractivity contribution in [2.75, 3.05) is 6.61 Å². The predicted octanol–water partition coefficient (Wildman–Crippen LogP) is 2.40. The first-order valence-corrected chi connectivity index (χ1v) is 8.12. The van der Waals surface area contributed by atoms with Gasteiger partial charge in [0.05, 0.1) is 13.2 Å². The summed E-state index contributed by atoms with van der Waals surface area (Å²) in [7, 11) is 0. The third kappa shape index (κ3) is 3.22. The predicted molar refractivity (Wildman–Crippen MR) is 85.9 cm³/mol. The summed E-state index contributed by atoms with van der Waals surface area (Å²) in [5, 5.41) is 10.5. The van der Waals surface area contributed by atoms with Crippen LogP contribution in [-0.4, -0.2) is 36.3 Å². The molecule has 5 heteroatoms. The van der Waals surface area contributed by atoms with E-state index in [0.29, 0.717) is 13.2 Å². The number of ether oxygens (including phenoxy) is 4. The van der Waals surface area contributed by atoms with E-state index in [9.17, 15) is 5.11 Å². The number of hydrogen-bond donors (Lipinski definition) is 1. The molecule has 1 N–H and O–H groups in total. The molecule has 24 heavy (non-hydrogen) atoms. The van der Waals surface area contributed by atoms with Crippen molar-refractivity contribution in [3.8, 4) is 0 Å². The molecule has 0 spiro atoms. The Hall–Kier alpha value is -1.76. The molecule has 2 saturated heterocycles. The molecule has 0 saturated carbocycles. The fraction of sp³-hybridized carbons (Fsp3) is 0.368. The molecule has 2 heterocycles. The fourth-order valence-electron chi connectivity index (χ4n) is 3.04. The van der Waals surface area contributed by atoms with E-state index in [4.69, 9.17) is 18.9 Å². The standard InChI is InChI=1S/C19H20O5/c20-16-17-15(23-18(24-17)14-9-5-2-6-10-14)12-22-19(16)21-11-13-7-3-1-4-8-13/h1-10,15-20H,11-12H2/t15-,16+,17-,18?,19-/m0/s1. The van der Waals surface area contributed by atoms with Crippen molar-refractivity contribution in [2.45, 2.75) is 37.5 Å². The second kappa shape index (κ2) is 7.01. The highest BCUT2D eigenvalue weighted by molar-refractivity contribution is 5.17. The molecule has 0 amide bonds. The van der Waals surface area contributed by atoms with Crippen LogP contribution in [0.2, 0.25) is 0 Å². The van der Waals surface area contributed by atoms with Crippen LogP contribution in [0.15, 0.2) is 60.7 Å². The van der Waals surface area contributed by atoms with Gasteiger partial charge in [0.15, 0.2) is 12.6 Å². The highest BCUT2D eigenvalue weighted by Gasteiger charge is 2.48. The van der Waals surface area contributed by atoms with E-state index in [2.05, 4.69) is 0 Å². The number of aliphatic hydroxyl groups is 1. The maximum Gasteiger partial charge on any atom is 0.186 e. The lowest BCUT2D eigenvalue weighted by atomic mass is 10.1. The number of fused-ring (bicyclic) bond motifs is 1. The van der Waals surface area contributed by atoms with Gasteiger partial charge in [0, 0.05) is 5.56 Å². The highest BCUT2D eigenvalue weighted by Crippen LogP contribution is 2.36. The SMILES string of the molecule is O[C@H]1[C@@H](OCc2ccccc2)OC[C@@H]2OC(c3ccccc3)O[C@H]12. The van der Waals surface area contributed by atoms with Crippen LogP contribution in [-0.2, 0) is 25.6 Å². The first-order valence-electron chi connectivity index (χ1n) is 8.12. The van der Waals surface area contributed by atoms with Gasteiger partial charge in [-0.1, -0.05) is 60.7 Å². The Kier molecular flexibility index (Phi) is 4.60. The smallest absolute Gasteiger partial charge is 0.186 e. The molecule has 4 rings (SSSR count). The van der Waals surface area contributed by atoms with Crippen LogP contribution < -0.4 is 0 Å². The summed E-state index contributed by atoms with van der Waals surface area (Å²) in [6, 6.07) is 19.5. The Morgan fingerprint density at radius 1 is 0.958 bits per heavy atom. The van der Waals surface area contributed by atoms with Crippen molar-refractivity contribution in [3.05, 3.63) is 71.8 Å². The third-order valence-electron chi connectivity index (χ3n) is 4.31. The van der Waals surface area contributed by atoms with Gasteiger partial charge in [-0.15, -0.1) is 0 Å². The van der Waals surface area contributed by atoms with Gasteiger partial charge in [-0.3, -0.25) is 0 Å². The Balaban J connectivity index is 1.38. The topological polar surface area (TPSA) is 57.2 Å². The van der Waals surface area contributed by atoms with Crippen LogP contribution in [0, 0.1) is 0 Å². The Bertz CT molecular complexity index is 647. The van der Waals surface area contributed by atoms with Crippen LogP contribution in [0.1, 0.15) is 17.4 Å². The summed E-state index contributed by atoms with van der Waals surface area (Å²) < 4.78 is 23.1. The second-order valence-corrected chi connectivity index (χ2v) is 6.01. The van der Waals surface area contributed by atoms with E-state index in [1.54, 1.807) is 0 Å². The molecule has 2 aromatic rings. The highest BCUT2D eigenvalue weighted by atomic mass is 16.8. The zero-order chi connectivity index (χ0) is 16.4. The van der Waals surface area contributed by atoms with Crippen molar-refractivity contribution >= 4 is 0 Å². The molecule has 1 unspecified atom stereocenters. The zero-order valence-electron chi connectivity index (χ0n) is 13.2. The molecule has 2 fully saturated rings. The molecule has 126 valence electrons. The van der Waals surface area contributed by atoms with Crippen molar-refractivity contribution in [1.82, 2.24) is 0 Å². The largest absolute Gasteiger partial charge is 0.385 e. The van der Waals surface area contributed by atoms with E-state index >= 15 is 0 Å². The van der Waals surface area contributed by atoms with E-state index in [-0.39, 0.29) is 6.10 Å². The maximum absolute atomic E-state index is 10.5. The van der Waals surface area contributed by atoms with Gasteiger partial charge in [-0.2, -0.15) is 0 Å². The van der Waals surface area contributed by atoms with Gasteiger partial charge < -0.3 is 24.1 Å². The quantitative estimate of drug-likeness (QED) is 0.934. The summed E-state index contributed by atoms with van der Waals surface area (Å²) in [5.41, 5.74) is 1.96. The first-order chi connectivity index (χ1) is 11.8. The van der Waals surface area contributed by atoms with Crippen LogP contribution in [0.4, 0.5) is 0 Å². The maximum atomic E-state index is 10.5. The van der Waals surface area contributed by atoms with E-state index in [1.165, 1.54) is 0 Å². The summed E-state index contributed by atoms with van der Waals surface area (Å²) in [5.74, 6) is 0. The van der Waals surface area contributed by atoms with Gasteiger partial charge in [0.2, 0.25) is 0 Å². The molecule has 0 radical (unpaired) electrons. The van der Waals surface area contributed by atoms with Crippen LogP contribution in [0.3, 0.4) is 0 Å². The molecule has 5 atom stereocenters. The molecule has 2 aliphatic heterocycles. The van der Waals surface area contributed by atoms with Crippen molar-refractivity contribution in [3.63, 3.8) is 0 Å². The number of aliphatic hydroxyl groups excluding tert-OH is 1. The normalized spacial score (nSPS) is 32.5. The summed E-state index contributed by atoms with van der Waals surface area (Å²) in [6.45, 7) is 0.716.